The molecule has 0 heterocycles. The second-order valence-corrected chi connectivity index (χ2v) is 6.40. The van der Waals surface area contributed by atoms with Gasteiger partial charge in [-0.3, -0.25) is 0 Å². The Morgan fingerprint density at radius 3 is 2.58 bits per heavy atom. The first-order valence-corrected chi connectivity index (χ1v) is 7.60. The molecule has 1 fully saturated rings. The molecule has 19 heavy (non-hydrogen) atoms. The highest BCUT2D eigenvalue weighted by atomic mass is 35.5. The molecule has 2 N–H and O–H groups in total. The lowest BCUT2D eigenvalue weighted by molar-refractivity contribution is 0.152. The highest BCUT2D eigenvalue weighted by Gasteiger charge is 2.34. The third-order valence-corrected chi connectivity index (χ3v) is 4.99. The van der Waals surface area contributed by atoms with Gasteiger partial charge in [0.25, 0.3) is 0 Å². The molecule has 0 radical (unpaired) electrons. The SMILES string of the molecule is CCC1CCC(CN)(Cc2ccc(Cl)cc2F)CC1. The third-order valence-electron chi connectivity index (χ3n) is 4.76. The van der Waals surface area contributed by atoms with Gasteiger partial charge < -0.3 is 5.73 Å². The van der Waals surface area contributed by atoms with Crippen LogP contribution in [0.25, 0.3) is 0 Å². The van der Waals surface area contributed by atoms with Gasteiger partial charge in [0.1, 0.15) is 5.82 Å². The zero-order chi connectivity index (χ0) is 13.9. The largest absolute Gasteiger partial charge is 0.330 e. The fourth-order valence-corrected chi connectivity index (χ4v) is 3.38. The summed E-state index contributed by atoms with van der Waals surface area (Å²) in [7, 11) is 0. The van der Waals surface area contributed by atoms with E-state index in [0.717, 1.165) is 30.7 Å². The van der Waals surface area contributed by atoms with Crippen molar-refractivity contribution in [2.24, 2.45) is 17.1 Å². The van der Waals surface area contributed by atoms with Crippen molar-refractivity contribution in [3.05, 3.63) is 34.6 Å². The average molecular weight is 284 g/mol. The summed E-state index contributed by atoms with van der Waals surface area (Å²) in [4.78, 5) is 0. The summed E-state index contributed by atoms with van der Waals surface area (Å²) in [5, 5.41) is 0.456. The van der Waals surface area contributed by atoms with E-state index in [1.54, 1.807) is 12.1 Å². The summed E-state index contributed by atoms with van der Waals surface area (Å²) in [6, 6.07) is 4.97. The van der Waals surface area contributed by atoms with E-state index < -0.39 is 0 Å². The van der Waals surface area contributed by atoms with Gasteiger partial charge >= 0.3 is 0 Å². The Morgan fingerprint density at radius 2 is 2.05 bits per heavy atom. The van der Waals surface area contributed by atoms with E-state index in [-0.39, 0.29) is 11.2 Å². The van der Waals surface area contributed by atoms with E-state index in [1.165, 1.54) is 25.3 Å². The molecule has 106 valence electrons. The van der Waals surface area contributed by atoms with Crippen LogP contribution in [0.4, 0.5) is 4.39 Å². The number of hydrogen-bond donors (Lipinski definition) is 1. The van der Waals surface area contributed by atoms with Crippen molar-refractivity contribution in [2.45, 2.75) is 45.4 Å². The highest BCUT2D eigenvalue weighted by molar-refractivity contribution is 6.30. The van der Waals surface area contributed by atoms with Crippen molar-refractivity contribution in [2.75, 3.05) is 6.54 Å². The predicted molar refractivity (Wildman–Crippen MR) is 78.9 cm³/mol. The summed E-state index contributed by atoms with van der Waals surface area (Å²) >= 11 is 5.80. The minimum absolute atomic E-state index is 0.0837. The predicted octanol–water partition coefficient (Wildman–Crippen LogP) is 4.57. The molecule has 0 spiro atoms. The summed E-state index contributed by atoms with van der Waals surface area (Å²) < 4.78 is 13.9. The summed E-state index contributed by atoms with van der Waals surface area (Å²) in [5.74, 6) is 0.632. The number of hydrogen-bond acceptors (Lipinski definition) is 1. The molecule has 0 saturated heterocycles. The van der Waals surface area contributed by atoms with Gasteiger partial charge in [-0.05, 0) is 67.7 Å². The molecule has 0 aliphatic heterocycles. The molecule has 0 atom stereocenters. The maximum Gasteiger partial charge on any atom is 0.127 e. The van der Waals surface area contributed by atoms with Crippen molar-refractivity contribution in [1.29, 1.82) is 0 Å². The molecule has 1 aromatic rings. The fourth-order valence-electron chi connectivity index (χ4n) is 3.22. The Hall–Kier alpha value is -0.600. The van der Waals surface area contributed by atoms with Crippen LogP contribution in [0.15, 0.2) is 18.2 Å². The Morgan fingerprint density at radius 1 is 1.37 bits per heavy atom. The lowest BCUT2D eigenvalue weighted by Crippen LogP contribution is -2.37. The van der Waals surface area contributed by atoms with Gasteiger partial charge in [-0.1, -0.05) is 31.0 Å². The van der Waals surface area contributed by atoms with Gasteiger partial charge in [-0.15, -0.1) is 0 Å². The van der Waals surface area contributed by atoms with E-state index >= 15 is 0 Å². The van der Waals surface area contributed by atoms with Gasteiger partial charge in [0.05, 0.1) is 0 Å². The van der Waals surface area contributed by atoms with Crippen molar-refractivity contribution in [3.8, 4) is 0 Å². The number of halogens is 2. The smallest absolute Gasteiger partial charge is 0.127 e. The quantitative estimate of drug-likeness (QED) is 0.861. The molecular formula is C16H23ClFN. The Balaban J connectivity index is 2.10. The summed E-state index contributed by atoms with van der Waals surface area (Å²) in [5.41, 5.74) is 6.84. The van der Waals surface area contributed by atoms with E-state index in [2.05, 4.69) is 6.92 Å². The average Bonchev–Trinajstić information content (AvgIpc) is 2.43. The van der Waals surface area contributed by atoms with Crippen molar-refractivity contribution < 1.29 is 4.39 Å². The Kier molecular flexibility index (Phi) is 4.86. The molecule has 1 aromatic carbocycles. The maximum absolute atomic E-state index is 13.9. The molecule has 1 saturated carbocycles. The highest BCUT2D eigenvalue weighted by Crippen LogP contribution is 2.42. The molecule has 0 bridgehead atoms. The third kappa shape index (κ3) is 3.49. The molecule has 1 aliphatic carbocycles. The number of benzene rings is 1. The maximum atomic E-state index is 13.9. The van der Waals surface area contributed by atoms with Crippen LogP contribution in [0.1, 0.15) is 44.6 Å². The normalized spacial score (nSPS) is 27.5. The van der Waals surface area contributed by atoms with Crippen LogP contribution >= 0.6 is 11.6 Å². The van der Waals surface area contributed by atoms with E-state index in [0.29, 0.717) is 11.6 Å². The summed E-state index contributed by atoms with van der Waals surface area (Å²) in [6.07, 6.45) is 6.67. The lowest BCUT2D eigenvalue weighted by atomic mass is 9.67. The van der Waals surface area contributed by atoms with Crippen LogP contribution < -0.4 is 5.73 Å². The van der Waals surface area contributed by atoms with Crippen molar-refractivity contribution in [3.63, 3.8) is 0 Å². The fraction of sp³-hybridized carbons (Fsp3) is 0.625. The second kappa shape index (κ2) is 6.23. The molecule has 0 amide bonds. The van der Waals surface area contributed by atoms with Crippen molar-refractivity contribution in [1.82, 2.24) is 0 Å². The topological polar surface area (TPSA) is 26.0 Å². The second-order valence-electron chi connectivity index (χ2n) is 5.97. The van der Waals surface area contributed by atoms with Gasteiger partial charge in [-0.2, -0.15) is 0 Å². The first-order chi connectivity index (χ1) is 9.08. The van der Waals surface area contributed by atoms with Crippen LogP contribution in [0.2, 0.25) is 5.02 Å². The first-order valence-electron chi connectivity index (χ1n) is 7.22. The van der Waals surface area contributed by atoms with Gasteiger partial charge in [0.2, 0.25) is 0 Å². The monoisotopic (exact) mass is 283 g/mol. The molecule has 0 unspecified atom stereocenters. The molecule has 1 aliphatic rings. The van der Waals surface area contributed by atoms with Gasteiger partial charge in [0, 0.05) is 5.02 Å². The molecular weight excluding hydrogens is 261 g/mol. The van der Waals surface area contributed by atoms with Crippen LogP contribution in [-0.4, -0.2) is 6.54 Å². The minimum Gasteiger partial charge on any atom is -0.330 e. The molecule has 0 aromatic heterocycles. The molecule has 3 heteroatoms. The zero-order valence-corrected chi connectivity index (χ0v) is 12.3. The Bertz CT molecular complexity index is 425. The molecule has 2 rings (SSSR count). The zero-order valence-electron chi connectivity index (χ0n) is 11.6. The Labute approximate surface area is 120 Å². The van der Waals surface area contributed by atoms with Crippen LogP contribution in [0.5, 0.6) is 0 Å². The van der Waals surface area contributed by atoms with Gasteiger partial charge in [0.15, 0.2) is 0 Å². The van der Waals surface area contributed by atoms with E-state index in [1.807, 2.05) is 0 Å². The van der Waals surface area contributed by atoms with Crippen LogP contribution in [0.3, 0.4) is 0 Å². The minimum atomic E-state index is -0.196. The van der Waals surface area contributed by atoms with Crippen LogP contribution in [0, 0.1) is 17.2 Å². The van der Waals surface area contributed by atoms with E-state index in [4.69, 9.17) is 17.3 Å². The summed E-state index contributed by atoms with van der Waals surface area (Å²) in [6.45, 7) is 2.89. The lowest BCUT2D eigenvalue weighted by Gasteiger charge is -2.39. The first kappa shape index (κ1) is 14.8. The van der Waals surface area contributed by atoms with E-state index in [9.17, 15) is 4.39 Å². The molecule has 1 nitrogen and oxygen atoms in total. The van der Waals surface area contributed by atoms with Crippen molar-refractivity contribution >= 4 is 11.6 Å². The number of rotatable bonds is 4. The van der Waals surface area contributed by atoms with Crippen LogP contribution in [-0.2, 0) is 6.42 Å². The van der Waals surface area contributed by atoms with Gasteiger partial charge in [-0.25, -0.2) is 4.39 Å². The standard InChI is InChI=1S/C16H23ClFN/c1-2-12-5-7-16(11-19,8-6-12)10-13-3-4-14(17)9-15(13)18/h3-4,9,12H,2,5-8,10-11,19H2,1H3. The number of nitrogens with two attached hydrogens (primary N) is 1.